The molecule has 2 aromatic rings. The maximum Gasteiger partial charge on any atom is 0.353 e. The lowest BCUT2D eigenvalue weighted by Gasteiger charge is -2.11. The van der Waals surface area contributed by atoms with Gasteiger partial charge in [0.1, 0.15) is 0 Å². The molecule has 108 valence electrons. The van der Waals surface area contributed by atoms with E-state index >= 15 is 0 Å². The van der Waals surface area contributed by atoms with Crippen LogP contribution >= 0.6 is 0 Å². The minimum Gasteiger partial charge on any atom is -0.710 e. The second-order valence-electron chi connectivity index (χ2n) is 4.41. The highest BCUT2D eigenvalue weighted by atomic mass is 16.6. The summed E-state index contributed by atoms with van der Waals surface area (Å²) in [4.78, 5) is 12.3. The molecule has 21 heavy (non-hydrogen) atoms. The number of benzene rings is 1. The van der Waals surface area contributed by atoms with Gasteiger partial charge in [-0.3, -0.25) is 10.1 Å². The molecule has 2 rings (SSSR count). The minimum absolute atomic E-state index is 0.0588. The molecule has 0 radical (unpaired) electrons. The van der Waals surface area contributed by atoms with E-state index < -0.39 is 4.92 Å². The number of hydrogen-bond donors (Lipinski definition) is 0. The van der Waals surface area contributed by atoms with Gasteiger partial charge in [0.05, 0.1) is 16.2 Å². The van der Waals surface area contributed by atoms with Gasteiger partial charge in [-0.2, -0.15) is 0 Å². The van der Waals surface area contributed by atoms with Crippen LogP contribution in [0.25, 0.3) is 0 Å². The fourth-order valence-corrected chi connectivity index (χ4v) is 1.62. The molecule has 0 aliphatic heterocycles. The highest BCUT2D eigenvalue weighted by Crippen LogP contribution is 2.32. The SMILES string of the molecule is CN(C)c1ccc(N=Nc2cccc[n+]2[O-])c([N+](=O)[O-])c1. The Labute approximate surface area is 120 Å². The van der Waals surface area contributed by atoms with Crippen molar-refractivity contribution in [1.82, 2.24) is 0 Å². The molecule has 8 nitrogen and oxygen atoms in total. The standard InChI is InChI=1S/C13H13N5O3/c1-16(2)10-6-7-11(12(9-10)18(20)21)14-15-13-5-3-4-8-17(13)19/h3-9H,1-2H3. The third-order valence-electron chi connectivity index (χ3n) is 2.74. The average Bonchev–Trinajstić information content (AvgIpc) is 2.46. The fourth-order valence-electron chi connectivity index (χ4n) is 1.62. The first-order chi connectivity index (χ1) is 9.99. The highest BCUT2D eigenvalue weighted by molar-refractivity contribution is 5.65. The van der Waals surface area contributed by atoms with Crippen LogP contribution in [-0.2, 0) is 0 Å². The molecule has 0 fully saturated rings. The number of nitro groups is 1. The van der Waals surface area contributed by atoms with Gasteiger partial charge in [-0.25, -0.2) is 4.73 Å². The molecular formula is C13H13N5O3. The number of aromatic nitrogens is 1. The molecule has 1 aromatic carbocycles. The Bertz CT molecular complexity index is 700. The van der Waals surface area contributed by atoms with Crippen molar-refractivity contribution in [3.05, 3.63) is 57.9 Å². The van der Waals surface area contributed by atoms with E-state index in [-0.39, 0.29) is 17.2 Å². The molecule has 0 amide bonds. The van der Waals surface area contributed by atoms with Gasteiger partial charge in [0.2, 0.25) is 0 Å². The Morgan fingerprint density at radius 3 is 2.57 bits per heavy atom. The number of anilines is 1. The van der Waals surface area contributed by atoms with Crippen molar-refractivity contribution in [2.45, 2.75) is 0 Å². The number of azo groups is 1. The lowest BCUT2D eigenvalue weighted by atomic mass is 10.2. The zero-order valence-electron chi connectivity index (χ0n) is 11.5. The zero-order chi connectivity index (χ0) is 15.4. The van der Waals surface area contributed by atoms with E-state index in [0.29, 0.717) is 10.4 Å². The molecule has 0 bridgehead atoms. The summed E-state index contributed by atoms with van der Waals surface area (Å²) in [6.07, 6.45) is 1.28. The highest BCUT2D eigenvalue weighted by Gasteiger charge is 2.17. The molecule has 0 saturated heterocycles. The molecule has 0 atom stereocenters. The van der Waals surface area contributed by atoms with Crippen molar-refractivity contribution in [2.75, 3.05) is 19.0 Å². The van der Waals surface area contributed by atoms with Gasteiger partial charge in [0.25, 0.3) is 0 Å². The third-order valence-corrected chi connectivity index (χ3v) is 2.74. The van der Waals surface area contributed by atoms with Gasteiger partial charge >= 0.3 is 11.5 Å². The summed E-state index contributed by atoms with van der Waals surface area (Å²) in [6, 6.07) is 9.25. The van der Waals surface area contributed by atoms with E-state index in [2.05, 4.69) is 10.2 Å². The largest absolute Gasteiger partial charge is 0.710 e. The van der Waals surface area contributed by atoms with Gasteiger partial charge in [-0.1, -0.05) is 6.07 Å². The van der Waals surface area contributed by atoms with Crippen LogP contribution in [-0.4, -0.2) is 19.0 Å². The van der Waals surface area contributed by atoms with E-state index in [1.807, 2.05) is 0 Å². The van der Waals surface area contributed by atoms with Crippen LogP contribution in [0.4, 0.5) is 22.9 Å². The smallest absolute Gasteiger partial charge is 0.353 e. The maximum atomic E-state index is 11.4. The van der Waals surface area contributed by atoms with Crippen molar-refractivity contribution in [3.63, 3.8) is 0 Å². The molecule has 0 saturated carbocycles. The molecule has 1 heterocycles. The van der Waals surface area contributed by atoms with Gasteiger partial charge < -0.3 is 10.1 Å². The summed E-state index contributed by atoms with van der Waals surface area (Å²) in [5.41, 5.74) is 0.604. The predicted octanol–water partition coefficient (Wildman–Crippen LogP) is 2.71. The van der Waals surface area contributed by atoms with Crippen molar-refractivity contribution < 1.29 is 9.65 Å². The van der Waals surface area contributed by atoms with Crippen LogP contribution in [0.3, 0.4) is 0 Å². The maximum absolute atomic E-state index is 11.4. The monoisotopic (exact) mass is 287 g/mol. The van der Waals surface area contributed by atoms with Crippen molar-refractivity contribution >= 4 is 22.9 Å². The molecule has 0 aliphatic carbocycles. The van der Waals surface area contributed by atoms with Crippen LogP contribution in [0.2, 0.25) is 0 Å². The Morgan fingerprint density at radius 2 is 1.95 bits per heavy atom. The fraction of sp³-hybridized carbons (Fsp3) is 0.154. The van der Waals surface area contributed by atoms with Crippen LogP contribution in [0, 0.1) is 15.3 Å². The molecule has 0 unspecified atom stereocenters. The average molecular weight is 287 g/mol. The van der Waals surface area contributed by atoms with E-state index in [1.54, 1.807) is 37.2 Å². The van der Waals surface area contributed by atoms with Gasteiger partial charge in [-0.05, 0) is 23.3 Å². The Morgan fingerprint density at radius 1 is 1.19 bits per heavy atom. The van der Waals surface area contributed by atoms with Gasteiger partial charge in [0.15, 0.2) is 5.69 Å². The van der Waals surface area contributed by atoms with Crippen molar-refractivity contribution in [3.8, 4) is 0 Å². The summed E-state index contributed by atoms with van der Waals surface area (Å²) >= 11 is 0. The first-order valence-corrected chi connectivity index (χ1v) is 6.05. The second kappa shape index (κ2) is 5.95. The van der Waals surface area contributed by atoms with Crippen molar-refractivity contribution in [2.24, 2.45) is 10.2 Å². The third kappa shape index (κ3) is 3.30. The number of rotatable bonds is 4. The Balaban J connectivity index is 2.40. The van der Waals surface area contributed by atoms with E-state index in [9.17, 15) is 15.3 Å². The molecule has 0 spiro atoms. The van der Waals surface area contributed by atoms with Gasteiger partial charge in [-0.15, -0.1) is 0 Å². The normalized spacial score (nSPS) is 10.8. The Kier molecular flexibility index (Phi) is 4.07. The molecule has 0 N–H and O–H groups in total. The lowest BCUT2D eigenvalue weighted by molar-refractivity contribution is -0.591. The molecular weight excluding hydrogens is 274 g/mol. The Hall–Kier alpha value is -3.03. The first-order valence-electron chi connectivity index (χ1n) is 6.05. The van der Waals surface area contributed by atoms with E-state index in [1.165, 1.54) is 24.4 Å². The van der Waals surface area contributed by atoms with E-state index in [0.717, 1.165) is 0 Å². The zero-order valence-corrected chi connectivity index (χ0v) is 11.5. The van der Waals surface area contributed by atoms with Crippen LogP contribution in [0.15, 0.2) is 52.8 Å². The van der Waals surface area contributed by atoms with Crippen LogP contribution in [0.1, 0.15) is 0 Å². The number of pyridine rings is 1. The number of hydrogen-bond acceptors (Lipinski definition) is 6. The van der Waals surface area contributed by atoms with Crippen molar-refractivity contribution in [1.29, 1.82) is 0 Å². The minimum atomic E-state index is -0.530. The van der Waals surface area contributed by atoms with E-state index in [4.69, 9.17) is 0 Å². The predicted molar refractivity (Wildman–Crippen MR) is 77.0 cm³/mol. The second-order valence-corrected chi connectivity index (χ2v) is 4.41. The molecule has 0 aliphatic rings. The summed E-state index contributed by atoms with van der Waals surface area (Å²) in [6.45, 7) is 0. The summed E-state index contributed by atoms with van der Waals surface area (Å²) in [5.74, 6) is 0.0588. The van der Waals surface area contributed by atoms with Crippen LogP contribution in [0.5, 0.6) is 0 Å². The summed E-state index contributed by atoms with van der Waals surface area (Å²) in [7, 11) is 3.56. The van der Waals surface area contributed by atoms with Crippen LogP contribution < -0.4 is 9.63 Å². The number of nitro benzene ring substituents is 1. The first kappa shape index (κ1) is 14.4. The van der Waals surface area contributed by atoms with Gasteiger partial charge in [0, 0.05) is 31.9 Å². The summed E-state index contributed by atoms with van der Waals surface area (Å²) in [5, 5.41) is 30.1. The lowest BCUT2D eigenvalue weighted by Crippen LogP contribution is -2.24. The topological polar surface area (TPSA) is 98.0 Å². The molecule has 8 heteroatoms. The number of nitrogens with zero attached hydrogens (tertiary/aromatic N) is 5. The molecule has 1 aromatic heterocycles. The quantitative estimate of drug-likeness (QED) is 0.284. The summed E-state index contributed by atoms with van der Waals surface area (Å²) < 4.78 is 0.531.